The molecule has 0 bridgehead atoms. The van der Waals surface area contributed by atoms with E-state index in [0.717, 1.165) is 48.0 Å². The number of nitrogens with zero attached hydrogens (tertiary/aromatic N) is 2. The Hall–Kier alpha value is -4.04. The Kier molecular flexibility index (Phi) is 6.18. The summed E-state index contributed by atoms with van der Waals surface area (Å²) in [5.74, 6) is 1.17. The lowest BCUT2D eigenvalue weighted by Crippen LogP contribution is -2.47. The highest BCUT2D eigenvalue weighted by Gasteiger charge is 2.30. The number of ether oxygens (including phenoxy) is 3. The van der Waals surface area contributed by atoms with E-state index in [1.54, 1.807) is 29.2 Å². The third-order valence-corrected chi connectivity index (χ3v) is 7.19. The fourth-order valence-electron chi connectivity index (χ4n) is 5.04. The summed E-state index contributed by atoms with van der Waals surface area (Å²) in [7, 11) is 2.07. The van der Waals surface area contributed by atoms with Gasteiger partial charge < -0.3 is 29.0 Å². The van der Waals surface area contributed by atoms with Gasteiger partial charge in [0.2, 0.25) is 6.79 Å². The van der Waals surface area contributed by atoms with Crippen LogP contribution in [-0.2, 0) is 6.54 Å². The topological polar surface area (TPSA) is 67.0 Å². The molecule has 37 heavy (non-hydrogen) atoms. The van der Waals surface area contributed by atoms with Gasteiger partial charge in [0.1, 0.15) is 11.6 Å². The number of likely N-dealkylation sites (tertiary alicyclic amines) is 1. The number of aromatic nitrogens is 1. The van der Waals surface area contributed by atoms with E-state index in [2.05, 4.69) is 23.0 Å². The number of aromatic amines is 1. The third kappa shape index (κ3) is 4.84. The summed E-state index contributed by atoms with van der Waals surface area (Å²) < 4.78 is 31.6. The Labute approximate surface area is 214 Å². The lowest BCUT2D eigenvalue weighted by molar-refractivity contribution is 0.0972. The molecule has 0 unspecified atom stereocenters. The smallest absolute Gasteiger partial charge is 0.415 e. The number of piperidine rings is 1. The van der Waals surface area contributed by atoms with Crippen LogP contribution in [0, 0.1) is 5.82 Å². The Morgan fingerprint density at radius 3 is 2.68 bits per heavy atom. The van der Waals surface area contributed by atoms with Gasteiger partial charge in [0.25, 0.3) is 0 Å². The molecule has 1 amide bonds. The van der Waals surface area contributed by atoms with Crippen molar-refractivity contribution in [2.45, 2.75) is 25.4 Å². The first kappa shape index (κ1) is 23.4. The third-order valence-electron chi connectivity index (χ3n) is 7.19. The molecule has 0 saturated carbocycles. The number of rotatable bonds is 5. The SMILES string of the molecule is CN1CCC(N(Cc2cc(-c3ccc4[nH]ccc4c3)ccc2F)C(=O)Oc2ccc3c(c2)OCO3)CC1. The first-order chi connectivity index (χ1) is 18.0. The van der Waals surface area contributed by atoms with Gasteiger partial charge in [-0.3, -0.25) is 0 Å². The molecule has 2 aliphatic rings. The van der Waals surface area contributed by atoms with Crippen molar-refractivity contribution in [1.29, 1.82) is 0 Å². The number of H-pyrrole nitrogens is 1. The van der Waals surface area contributed by atoms with Gasteiger partial charge in [0, 0.05) is 29.4 Å². The van der Waals surface area contributed by atoms with Gasteiger partial charge in [0.05, 0.1) is 6.54 Å². The molecule has 0 aliphatic carbocycles. The maximum absolute atomic E-state index is 15.1. The molecule has 1 fully saturated rings. The molecule has 2 aliphatic heterocycles. The molecule has 0 spiro atoms. The van der Waals surface area contributed by atoms with Crippen LogP contribution in [0.2, 0.25) is 0 Å². The van der Waals surface area contributed by atoms with Gasteiger partial charge in [-0.05, 0) is 92.0 Å². The largest absolute Gasteiger partial charge is 0.454 e. The van der Waals surface area contributed by atoms with Gasteiger partial charge in [-0.2, -0.15) is 0 Å². The fraction of sp³-hybridized carbons (Fsp3) is 0.276. The molecule has 0 atom stereocenters. The van der Waals surface area contributed by atoms with Crippen molar-refractivity contribution in [2.24, 2.45) is 0 Å². The van der Waals surface area contributed by atoms with Crippen molar-refractivity contribution in [3.8, 4) is 28.4 Å². The van der Waals surface area contributed by atoms with E-state index in [0.29, 0.717) is 22.8 Å². The summed E-state index contributed by atoms with van der Waals surface area (Å²) in [5, 5.41) is 1.09. The number of hydrogen-bond acceptors (Lipinski definition) is 5. The summed E-state index contributed by atoms with van der Waals surface area (Å²) in [5.41, 5.74) is 3.38. The Balaban J connectivity index is 1.28. The van der Waals surface area contributed by atoms with E-state index < -0.39 is 6.09 Å². The highest BCUT2D eigenvalue weighted by Crippen LogP contribution is 2.35. The van der Waals surface area contributed by atoms with Crippen LogP contribution in [0.15, 0.2) is 66.9 Å². The van der Waals surface area contributed by atoms with Gasteiger partial charge in [-0.25, -0.2) is 9.18 Å². The van der Waals surface area contributed by atoms with Crippen LogP contribution in [0.3, 0.4) is 0 Å². The van der Waals surface area contributed by atoms with Crippen LogP contribution >= 0.6 is 0 Å². The number of nitrogens with one attached hydrogen (secondary N) is 1. The minimum Gasteiger partial charge on any atom is -0.454 e. The highest BCUT2D eigenvalue weighted by atomic mass is 19.1. The Bertz CT molecular complexity index is 1440. The molecule has 4 aromatic rings. The number of halogens is 1. The highest BCUT2D eigenvalue weighted by molar-refractivity contribution is 5.85. The van der Waals surface area contributed by atoms with E-state index in [1.165, 1.54) is 6.07 Å². The van der Waals surface area contributed by atoms with Crippen molar-refractivity contribution in [3.63, 3.8) is 0 Å². The first-order valence-corrected chi connectivity index (χ1v) is 12.5. The molecule has 6 rings (SSSR count). The van der Waals surface area contributed by atoms with E-state index >= 15 is 4.39 Å². The maximum atomic E-state index is 15.1. The Morgan fingerprint density at radius 2 is 1.81 bits per heavy atom. The summed E-state index contributed by atoms with van der Waals surface area (Å²) in [6, 6.07) is 18.2. The number of hydrogen-bond donors (Lipinski definition) is 1. The molecule has 8 heteroatoms. The lowest BCUT2D eigenvalue weighted by atomic mass is 9.99. The minimum atomic E-state index is -0.507. The predicted molar refractivity (Wildman–Crippen MR) is 138 cm³/mol. The number of amides is 1. The summed E-state index contributed by atoms with van der Waals surface area (Å²) in [6.07, 6.45) is 2.97. The fourth-order valence-corrected chi connectivity index (χ4v) is 5.04. The quantitative estimate of drug-likeness (QED) is 0.375. The number of benzene rings is 3. The van der Waals surface area contributed by atoms with Crippen LogP contribution in [0.1, 0.15) is 18.4 Å². The molecule has 1 aromatic heterocycles. The second kappa shape index (κ2) is 9.78. The first-order valence-electron chi connectivity index (χ1n) is 12.5. The zero-order chi connectivity index (χ0) is 25.4. The second-order valence-electron chi connectivity index (χ2n) is 9.63. The van der Waals surface area contributed by atoms with Gasteiger partial charge in [-0.15, -0.1) is 0 Å². The minimum absolute atomic E-state index is 0.0584. The molecular weight excluding hydrogens is 473 g/mol. The Morgan fingerprint density at radius 1 is 1.03 bits per heavy atom. The van der Waals surface area contributed by atoms with Crippen LogP contribution in [0.25, 0.3) is 22.0 Å². The monoisotopic (exact) mass is 501 g/mol. The van der Waals surface area contributed by atoms with Gasteiger partial charge >= 0.3 is 6.09 Å². The zero-order valence-corrected chi connectivity index (χ0v) is 20.6. The average Bonchev–Trinajstić information content (AvgIpc) is 3.57. The lowest BCUT2D eigenvalue weighted by Gasteiger charge is -2.36. The van der Waals surface area contributed by atoms with Crippen LogP contribution in [-0.4, -0.2) is 53.8 Å². The van der Waals surface area contributed by atoms with Crippen molar-refractivity contribution in [1.82, 2.24) is 14.8 Å². The van der Waals surface area contributed by atoms with Crippen LogP contribution in [0.4, 0.5) is 9.18 Å². The van der Waals surface area contributed by atoms with Crippen molar-refractivity contribution in [3.05, 3.63) is 78.2 Å². The van der Waals surface area contributed by atoms with E-state index in [1.807, 2.05) is 30.5 Å². The summed E-state index contributed by atoms with van der Waals surface area (Å²) in [6.45, 7) is 1.97. The van der Waals surface area contributed by atoms with Gasteiger partial charge in [0.15, 0.2) is 11.5 Å². The molecule has 7 nitrogen and oxygen atoms in total. The predicted octanol–water partition coefficient (Wildman–Crippen LogP) is 5.80. The average molecular weight is 502 g/mol. The number of fused-ring (bicyclic) bond motifs is 2. The van der Waals surface area contributed by atoms with Crippen LogP contribution in [0.5, 0.6) is 17.2 Å². The standard InChI is InChI=1S/C29H28FN3O4/c1-32-12-9-23(10-13-32)33(29(34)37-24-4-7-27-28(16-24)36-18-35-27)17-22-15-19(2-5-25(22)30)20-3-6-26-21(14-20)8-11-31-26/h2-8,11,14-16,23,31H,9-10,12-13,17-18H2,1H3. The zero-order valence-electron chi connectivity index (χ0n) is 20.6. The molecular formula is C29H28FN3O4. The van der Waals surface area contributed by atoms with E-state index in [-0.39, 0.29) is 25.2 Å². The molecule has 3 aromatic carbocycles. The molecule has 1 saturated heterocycles. The molecule has 1 N–H and O–H groups in total. The molecule has 190 valence electrons. The van der Waals surface area contributed by atoms with Crippen LogP contribution < -0.4 is 14.2 Å². The molecule has 3 heterocycles. The normalized spacial score (nSPS) is 15.7. The number of carbonyl (C=O) groups excluding carboxylic acids is 1. The van der Waals surface area contributed by atoms with Crippen molar-refractivity contribution >= 4 is 17.0 Å². The molecule has 0 radical (unpaired) electrons. The van der Waals surface area contributed by atoms with Crippen molar-refractivity contribution in [2.75, 3.05) is 26.9 Å². The summed E-state index contributed by atoms with van der Waals surface area (Å²) in [4.78, 5) is 20.6. The number of carbonyl (C=O) groups is 1. The van der Waals surface area contributed by atoms with E-state index in [9.17, 15) is 4.79 Å². The van der Waals surface area contributed by atoms with Gasteiger partial charge in [-0.1, -0.05) is 12.1 Å². The van der Waals surface area contributed by atoms with Crippen molar-refractivity contribution < 1.29 is 23.4 Å². The summed E-state index contributed by atoms with van der Waals surface area (Å²) >= 11 is 0. The maximum Gasteiger partial charge on any atom is 0.415 e. The second-order valence-corrected chi connectivity index (χ2v) is 9.63. The van der Waals surface area contributed by atoms with E-state index in [4.69, 9.17) is 14.2 Å².